The molecule has 0 aliphatic rings. The number of rotatable bonds is 8. The van der Waals surface area contributed by atoms with Gasteiger partial charge in [0.25, 0.3) is 0 Å². The summed E-state index contributed by atoms with van der Waals surface area (Å²) in [6.07, 6.45) is 1.73. The summed E-state index contributed by atoms with van der Waals surface area (Å²) in [7, 11) is 0. The number of ether oxygens (including phenoxy) is 1. The number of hydrogen-bond donors (Lipinski definition) is 2. The third-order valence-electron chi connectivity index (χ3n) is 4.49. The molecule has 3 aromatic carbocycles. The Bertz CT molecular complexity index is 1200. The average molecular weight is 443 g/mol. The van der Waals surface area contributed by atoms with Crippen molar-refractivity contribution in [2.45, 2.75) is 13.5 Å². The third kappa shape index (κ3) is 6.02. The van der Waals surface area contributed by atoms with Gasteiger partial charge < -0.3 is 10.1 Å². The molecule has 0 aliphatic heterocycles. The fourth-order valence-corrected chi connectivity index (χ4v) is 3.64. The van der Waals surface area contributed by atoms with Gasteiger partial charge in [0.1, 0.15) is 12.4 Å². The van der Waals surface area contributed by atoms with Crippen molar-refractivity contribution < 1.29 is 9.53 Å². The van der Waals surface area contributed by atoms with Crippen molar-refractivity contribution in [2.24, 2.45) is 5.10 Å². The third-order valence-corrected chi connectivity index (χ3v) is 5.23. The lowest BCUT2D eigenvalue weighted by Crippen LogP contribution is -2.05. The van der Waals surface area contributed by atoms with Crippen LogP contribution in [-0.4, -0.2) is 17.1 Å². The smallest absolute Gasteiger partial charge is 0.221 e. The molecule has 32 heavy (non-hydrogen) atoms. The van der Waals surface area contributed by atoms with E-state index in [0.717, 1.165) is 33.8 Å². The Morgan fingerprint density at radius 1 is 1.06 bits per heavy atom. The molecule has 1 amide bonds. The zero-order chi connectivity index (χ0) is 22.2. The van der Waals surface area contributed by atoms with Gasteiger partial charge in [-0.1, -0.05) is 54.6 Å². The number of aromatic nitrogens is 1. The van der Waals surface area contributed by atoms with E-state index in [-0.39, 0.29) is 5.91 Å². The SMILES string of the molecule is CC(=O)Nc1ccc(-c2csc(N/N=C\c3cccc(OCc4ccccc4)c3)n2)cc1. The van der Waals surface area contributed by atoms with Crippen LogP contribution in [0.3, 0.4) is 0 Å². The number of nitrogens with zero attached hydrogens (tertiary/aromatic N) is 2. The molecule has 0 unspecified atom stereocenters. The van der Waals surface area contributed by atoms with Gasteiger partial charge in [-0.05, 0) is 35.4 Å². The predicted octanol–water partition coefficient (Wildman–Crippen LogP) is 5.79. The van der Waals surface area contributed by atoms with Crippen molar-refractivity contribution in [3.05, 3.63) is 95.4 Å². The number of carbonyl (C=O) groups excluding carboxylic acids is 1. The van der Waals surface area contributed by atoms with Crippen LogP contribution in [0.25, 0.3) is 11.3 Å². The molecule has 0 spiro atoms. The lowest BCUT2D eigenvalue weighted by Gasteiger charge is -2.06. The summed E-state index contributed by atoms with van der Waals surface area (Å²) in [6.45, 7) is 2.01. The minimum Gasteiger partial charge on any atom is -0.489 e. The minimum absolute atomic E-state index is 0.0935. The first kappa shape index (κ1) is 21.3. The van der Waals surface area contributed by atoms with Crippen molar-refractivity contribution in [3.8, 4) is 17.0 Å². The molecule has 0 bridgehead atoms. The summed E-state index contributed by atoms with van der Waals surface area (Å²) in [5, 5.41) is 9.70. The second kappa shape index (κ2) is 10.4. The second-order valence-electron chi connectivity index (χ2n) is 7.01. The maximum atomic E-state index is 11.1. The van der Waals surface area contributed by atoms with Gasteiger partial charge in [-0.15, -0.1) is 11.3 Å². The van der Waals surface area contributed by atoms with Crippen LogP contribution < -0.4 is 15.5 Å². The Hall–Kier alpha value is -3.97. The number of hydrazone groups is 1. The first-order chi connectivity index (χ1) is 15.7. The molecule has 4 rings (SSSR count). The fraction of sp³-hybridized carbons (Fsp3) is 0.0800. The highest BCUT2D eigenvalue weighted by Crippen LogP contribution is 2.26. The second-order valence-corrected chi connectivity index (χ2v) is 7.87. The molecule has 6 nitrogen and oxygen atoms in total. The van der Waals surface area contributed by atoms with Crippen LogP contribution in [0.5, 0.6) is 5.75 Å². The molecule has 160 valence electrons. The van der Waals surface area contributed by atoms with E-state index >= 15 is 0 Å². The van der Waals surface area contributed by atoms with Crippen molar-refractivity contribution in [2.75, 3.05) is 10.7 Å². The monoisotopic (exact) mass is 442 g/mol. The van der Waals surface area contributed by atoms with Gasteiger partial charge in [-0.25, -0.2) is 4.98 Å². The summed E-state index contributed by atoms with van der Waals surface area (Å²) < 4.78 is 5.86. The largest absolute Gasteiger partial charge is 0.489 e. The Morgan fingerprint density at radius 3 is 2.66 bits per heavy atom. The molecule has 4 aromatic rings. The Kier molecular flexibility index (Phi) is 6.89. The molecule has 0 aliphatic carbocycles. The quantitative estimate of drug-likeness (QED) is 0.267. The van der Waals surface area contributed by atoms with Crippen molar-refractivity contribution in [1.82, 2.24) is 4.98 Å². The summed E-state index contributed by atoms with van der Waals surface area (Å²) in [4.78, 5) is 15.7. The lowest BCUT2D eigenvalue weighted by atomic mass is 10.1. The molecule has 0 saturated heterocycles. The fourth-order valence-electron chi connectivity index (χ4n) is 2.97. The summed E-state index contributed by atoms with van der Waals surface area (Å²) in [5.74, 6) is 0.695. The average Bonchev–Trinajstić information content (AvgIpc) is 3.28. The standard InChI is InChI=1S/C25H22N4O2S/c1-18(30)27-22-12-10-21(11-13-22)24-17-32-25(28-24)29-26-15-20-8-5-9-23(14-20)31-16-19-6-3-2-4-7-19/h2-15,17H,16H2,1H3,(H,27,30)(H,28,29)/b26-15-. The number of hydrogen-bond acceptors (Lipinski definition) is 6. The zero-order valence-electron chi connectivity index (χ0n) is 17.5. The number of carbonyl (C=O) groups is 1. The van der Waals surface area contributed by atoms with E-state index in [0.29, 0.717) is 11.7 Å². The van der Waals surface area contributed by atoms with E-state index in [9.17, 15) is 4.79 Å². The number of nitrogens with one attached hydrogen (secondary N) is 2. The van der Waals surface area contributed by atoms with E-state index in [1.807, 2.05) is 84.2 Å². The van der Waals surface area contributed by atoms with Crippen molar-refractivity contribution in [1.29, 1.82) is 0 Å². The van der Waals surface area contributed by atoms with Crippen LogP contribution in [0.2, 0.25) is 0 Å². The van der Waals surface area contributed by atoms with Gasteiger partial charge in [0.2, 0.25) is 11.0 Å². The molecular weight excluding hydrogens is 420 g/mol. The van der Waals surface area contributed by atoms with Gasteiger partial charge in [0.05, 0.1) is 11.9 Å². The first-order valence-electron chi connectivity index (χ1n) is 10.1. The van der Waals surface area contributed by atoms with E-state index in [1.165, 1.54) is 18.3 Å². The van der Waals surface area contributed by atoms with Gasteiger partial charge in [-0.3, -0.25) is 10.2 Å². The molecule has 0 fully saturated rings. The van der Waals surface area contributed by atoms with Crippen LogP contribution in [0.1, 0.15) is 18.1 Å². The molecule has 1 heterocycles. The molecule has 2 N–H and O–H groups in total. The predicted molar refractivity (Wildman–Crippen MR) is 130 cm³/mol. The normalized spacial score (nSPS) is 10.8. The van der Waals surface area contributed by atoms with Gasteiger partial charge in [-0.2, -0.15) is 5.10 Å². The Morgan fingerprint density at radius 2 is 1.88 bits per heavy atom. The highest BCUT2D eigenvalue weighted by molar-refractivity contribution is 7.14. The molecule has 7 heteroatoms. The van der Waals surface area contributed by atoms with Crippen LogP contribution in [-0.2, 0) is 11.4 Å². The topological polar surface area (TPSA) is 75.6 Å². The van der Waals surface area contributed by atoms with Crippen LogP contribution in [0.4, 0.5) is 10.8 Å². The van der Waals surface area contributed by atoms with Crippen molar-refractivity contribution >= 4 is 34.3 Å². The summed E-state index contributed by atoms with van der Waals surface area (Å²) in [5.41, 5.74) is 7.60. The lowest BCUT2D eigenvalue weighted by molar-refractivity contribution is -0.114. The minimum atomic E-state index is -0.0935. The summed E-state index contributed by atoms with van der Waals surface area (Å²) >= 11 is 1.47. The molecular formula is C25H22N4O2S. The van der Waals surface area contributed by atoms with E-state index in [1.54, 1.807) is 6.21 Å². The number of thiazole rings is 1. The van der Waals surface area contributed by atoms with E-state index in [4.69, 9.17) is 4.74 Å². The maximum Gasteiger partial charge on any atom is 0.221 e. The van der Waals surface area contributed by atoms with Gasteiger partial charge >= 0.3 is 0 Å². The van der Waals surface area contributed by atoms with Crippen LogP contribution in [0.15, 0.2) is 89.3 Å². The molecule has 0 saturated carbocycles. The molecule has 1 aromatic heterocycles. The molecule has 0 atom stereocenters. The Labute approximate surface area is 190 Å². The highest BCUT2D eigenvalue weighted by atomic mass is 32.1. The zero-order valence-corrected chi connectivity index (χ0v) is 18.3. The first-order valence-corrected chi connectivity index (χ1v) is 10.9. The molecule has 0 radical (unpaired) electrons. The number of amides is 1. The van der Waals surface area contributed by atoms with E-state index < -0.39 is 0 Å². The number of anilines is 2. The van der Waals surface area contributed by atoms with Crippen LogP contribution >= 0.6 is 11.3 Å². The number of benzene rings is 3. The summed E-state index contributed by atoms with van der Waals surface area (Å²) in [6, 6.07) is 25.4. The van der Waals surface area contributed by atoms with Gasteiger partial charge in [0.15, 0.2) is 0 Å². The van der Waals surface area contributed by atoms with Crippen molar-refractivity contribution in [3.63, 3.8) is 0 Å². The van der Waals surface area contributed by atoms with E-state index in [2.05, 4.69) is 20.8 Å². The van der Waals surface area contributed by atoms with Crippen LogP contribution in [0, 0.1) is 0 Å². The maximum absolute atomic E-state index is 11.1. The highest BCUT2D eigenvalue weighted by Gasteiger charge is 2.05. The van der Waals surface area contributed by atoms with Gasteiger partial charge in [0, 0.05) is 23.6 Å². The Balaban J connectivity index is 1.33.